The Kier molecular flexibility index (Phi) is 6.44. The van der Waals surface area contributed by atoms with E-state index < -0.39 is 17.6 Å². The molecule has 0 unspecified atom stereocenters. The lowest BCUT2D eigenvalue weighted by atomic mass is 10.1. The molecule has 5 nitrogen and oxygen atoms in total. The molecule has 2 aromatic rings. The fourth-order valence-corrected chi connectivity index (χ4v) is 2.24. The van der Waals surface area contributed by atoms with E-state index in [1.165, 1.54) is 12.1 Å². The molecule has 0 spiro atoms. The Balaban J connectivity index is 1.91. The van der Waals surface area contributed by atoms with Gasteiger partial charge in [0.15, 0.2) is 0 Å². The summed E-state index contributed by atoms with van der Waals surface area (Å²) in [5, 5.41) is 6.67. The minimum Gasteiger partial charge on any atom is -0.378 e. The fraction of sp³-hybridized carbons (Fsp3) is 0.263. The van der Waals surface area contributed by atoms with Crippen molar-refractivity contribution in [2.24, 2.45) is 5.10 Å². The van der Waals surface area contributed by atoms with E-state index in [0.29, 0.717) is 5.71 Å². The molecule has 0 aliphatic heterocycles. The van der Waals surface area contributed by atoms with E-state index in [4.69, 9.17) is 0 Å². The van der Waals surface area contributed by atoms with Gasteiger partial charge in [-0.3, -0.25) is 4.79 Å². The highest BCUT2D eigenvalue weighted by atomic mass is 19.4. The van der Waals surface area contributed by atoms with Crippen LogP contribution in [-0.4, -0.2) is 32.3 Å². The second-order valence-electron chi connectivity index (χ2n) is 6.11. The first-order chi connectivity index (χ1) is 12.7. The predicted octanol–water partition coefficient (Wildman–Crippen LogP) is 3.72. The van der Waals surface area contributed by atoms with Crippen LogP contribution >= 0.6 is 0 Å². The van der Waals surface area contributed by atoms with Crippen LogP contribution in [0.5, 0.6) is 0 Å². The number of hydrazone groups is 1. The van der Waals surface area contributed by atoms with Gasteiger partial charge >= 0.3 is 6.18 Å². The van der Waals surface area contributed by atoms with E-state index in [0.717, 1.165) is 23.4 Å². The number of carbonyl (C=O) groups is 1. The van der Waals surface area contributed by atoms with Crippen molar-refractivity contribution in [3.8, 4) is 0 Å². The number of hydrogen-bond acceptors (Lipinski definition) is 4. The van der Waals surface area contributed by atoms with Gasteiger partial charge in [-0.15, -0.1) is 0 Å². The number of anilines is 2. The van der Waals surface area contributed by atoms with Crippen LogP contribution < -0.4 is 15.6 Å². The molecule has 1 amide bonds. The van der Waals surface area contributed by atoms with Gasteiger partial charge in [-0.2, -0.15) is 18.3 Å². The van der Waals surface area contributed by atoms with Gasteiger partial charge in [0.1, 0.15) is 0 Å². The molecule has 8 heteroatoms. The lowest BCUT2D eigenvalue weighted by Gasteiger charge is -2.12. The summed E-state index contributed by atoms with van der Waals surface area (Å²) >= 11 is 0. The van der Waals surface area contributed by atoms with Crippen LogP contribution in [-0.2, 0) is 11.0 Å². The highest BCUT2D eigenvalue weighted by Crippen LogP contribution is 2.30. The van der Waals surface area contributed by atoms with Crippen molar-refractivity contribution in [2.45, 2.75) is 13.1 Å². The molecule has 0 aliphatic carbocycles. The molecule has 0 saturated heterocycles. The molecule has 0 aromatic heterocycles. The molecular formula is C19H21F3N4O. The van der Waals surface area contributed by atoms with Crippen molar-refractivity contribution in [2.75, 3.05) is 30.9 Å². The van der Waals surface area contributed by atoms with Crippen LogP contribution in [0.1, 0.15) is 18.1 Å². The topological polar surface area (TPSA) is 56.7 Å². The number of amides is 1. The number of hydrogen-bond donors (Lipinski definition) is 2. The van der Waals surface area contributed by atoms with E-state index in [1.807, 2.05) is 43.3 Å². The number of nitrogens with one attached hydrogen (secondary N) is 2. The van der Waals surface area contributed by atoms with Crippen molar-refractivity contribution >= 4 is 23.0 Å². The highest BCUT2D eigenvalue weighted by Gasteiger charge is 2.30. The summed E-state index contributed by atoms with van der Waals surface area (Å²) in [4.78, 5) is 13.8. The monoisotopic (exact) mass is 378 g/mol. The summed E-state index contributed by atoms with van der Waals surface area (Å²) < 4.78 is 38.0. The van der Waals surface area contributed by atoms with Crippen molar-refractivity contribution in [1.29, 1.82) is 0 Å². The minimum atomic E-state index is -4.43. The third-order valence-corrected chi connectivity index (χ3v) is 3.79. The molecule has 0 saturated carbocycles. The molecule has 0 atom stereocenters. The Morgan fingerprint density at radius 3 is 2.37 bits per heavy atom. The van der Waals surface area contributed by atoms with Crippen LogP contribution in [0.3, 0.4) is 0 Å². The van der Waals surface area contributed by atoms with Crippen LogP contribution in [0.15, 0.2) is 53.6 Å². The summed E-state index contributed by atoms with van der Waals surface area (Å²) in [6.45, 7) is 1.56. The zero-order chi connectivity index (χ0) is 20.0. The first-order valence-corrected chi connectivity index (χ1v) is 8.19. The average molecular weight is 378 g/mol. The maximum Gasteiger partial charge on any atom is 0.416 e. The molecule has 0 fully saturated rings. The minimum absolute atomic E-state index is 0.197. The summed E-state index contributed by atoms with van der Waals surface area (Å²) in [5.41, 5.74) is 4.33. The number of carbonyl (C=O) groups excluding carboxylic acids is 1. The standard InChI is InChI=1S/C19H21F3N4O/c1-13(14-7-9-17(10-8-14)26(2)3)24-25-18(27)12-23-16-6-4-5-15(11-16)19(20,21)22/h4-11,23H,12H2,1-3H3,(H,25,27)/b24-13+. The fourth-order valence-electron chi connectivity index (χ4n) is 2.24. The zero-order valence-electron chi connectivity index (χ0n) is 15.3. The van der Waals surface area contributed by atoms with Gasteiger partial charge in [-0.25, -0.2) is 5.43 Å². The molecule has 0 aliphatic rings. The van der Waals surface area contributed by atoms with Gasteiger partial charge in [0.05, 0.1) is 17.8 Å². The average Bonchev–Trinajstić information content (AvgIpc) is 2.64. The van der Waals surface area contributed by atoms with Gasteiger partial charge in [-0.1, -0.05) is 18.2 Å². The summed E-state index contributed by atoms with van der Waals surface area (Å²) in [5.74, 6) is -0.461. The molecule has 0 bridgehead atoms. The molecule has 27 heavy (non-hydrogen) atoms. The van der Waals surface area contributed by atoms with Crippen molar-refractivity contribution < 1.29 is 18.0 Å². The lowest BCUT2D eigenvalue weighted by Crippen LogP contribution is -2.26. The molecule has 0 radical (unpaired) electrons. The Morgan fingerprint density at radius 2 is 1.78 bits per heavy atom. The summed E-state index contributed by atoms with van der Waals surface area (Å²) in [6.07, 6.45) is -4.43. The molecular weight excluding hydrogens is 357 g/mol. The number of halogens is 3. The normalized spacial score (nSPS) is 11.9. The molecule has 144 valence electrons. The van der Waals surface area contributed by atoms with Gasteiger partial charge in [0, 0.05) is 25.5 Å². The second-order valence-corrected chi connectivity index (χ2v) is 6.11. The molecule has 0 heterocycles. The quantitative estimate of drug-likeness (QED) is 0.595. The van der Waals surface area contributed by atoms with E-state index in [9.17, 15) is 18.0 Å². The lowest BCUT2D eigenvalue weighted by molar-refractivity contribution is -0.137. The van der Waals surface area contributed by atoms with Crippen molar-refractivity contribution in [3.05, 3.63) is 59.7 Å². The van der Waals surface area contributed by atoms with Crippen LogP contribution in [0.25, 0.3) is 0 Å². The Labute approximate surface area is 155 Å². The van der Waals surface area contributed by atoms with Crippen LogP contribution in [0, 0.1) is 0 Å². The number of benzene rings is 2. The third-order valence-electron chi connectivity index (χ3n) is 3.79. The van der Waals surface area contributed by atoms with Gasteiger partial charge in [-0.05, 0) is 42.8 Å². The smallest absolute Gasteiger partial charge is 0.378 e. The summed E-state index contributed by atoms with van der Waals surface area (Å²) in [6, 6.07) is 12.3. The van der Waals surface area contributed by atoms with E-state index >= 15 is 0 Å². The SMILES string of the molecule is C/C(=N\NC(=O)CNc1cccc(C(F)(F)F)c1)c1ccc(N(C)C)cc1. The van der Waals surface area contributed by atoms with Gasteiger partial charge in [0.25, 0.3) is 5.91 Å². The predicted molar refractivity (Wildman–Crippen MR) is 101 cm³/mol. The van der Waals surface area contributed by atoms with Gasteiger partial charge < -0.3 is 10.2 Å². The summed E-state index contributed by atoms with van der Waals surface area (Å²) in [7, 11) is 3.88. The maximum absolute atomic E-state index is 12.7. The maximum atomic E-state index is 12.7. The van der Waals surface area contributed by atoms with E-state index in [-0.39, 0.29) is 12.2 Å². The molecule has 2 N–H and O–H groups in total. The largest absolute Gasteiger partial charge is 0.416 e. The molecule has 2 aromatic carbocycles. The Hall–Kier alpha value is -3.03. The van der Waals surface area contributed by atoms with Crippen LogP contribution in [0.2, 0.25) is 0 Å². The highest BCUT2D eigenvalue weighted by molar-refractivity contribution is 5.99. The van der Waals surface area contributed by atoms with Crippen LogP contribution in [0.4, 0.5) is 24.5 Å². The van der Waals surface area contributed by atoms with Crippen molar-refractivity contribution in [1.82, 2.24) is 5.43 Å². The number of alkyl halides is 3. The zero-order valence-corrected chi connectivity index (χ0v) is 15.3. The Morgan fingerprint density at radius 1 is 1.11 bits per heavy atom. The molecule has 2 rings (SSSR count). The van der Waals surface area contributed by atoms with E-state index in [1.54, 1.807) is 6.92 Å². The van der Waals surface area contributed by atoms with Gasteiger partial charge in [0.2, 0.25) is 0 Å². The van der Waals surface area contributed by atoms with E-state index in [2.05, 4.69) is 15.8 Å². The third kappa shape index (κ3) is 6.02. The first kappa shape index (κ1) is 20.3. The first-order valence-electron chi connectivity index (χ1n) is 8.19. The number of nitrogens with zero attached hydrogens (tertiary/aromatic N) is 2. The second kappa shape index (κ2) is 8.57. The number of rotatable bonds is 6. The Bertz CT molecular complexity index is 814. The van der Waals surface area contributed by atoms with Crippen molar-refractivity contribution in [3.63, 3.8) is 0 Å².